The molecule has 0 saturated heterocycles. The molecule has 1 aromatic carbocycles. The first-order chi connectivity index (χ1) is 9.49. The van der Waals surface area contributed by atoms with Crippen LogP contribution in [0.1, 0.15) is 42.5 Å². The number of aryl methyl sites for hydroxylation is 2. The fourth-order valence-electron chi connectivity index (χ4n) is 2.67. The lowest BCUT2D eigenvalue weighted by Gasteiger charge is -2.20. The lowest BCUT2D eigenvalue weighted by atomic mass is 10.0. The number of halogens is 1. The fourth-order valence-corrected chi connectivity index (χ4v) is 2.67. The largest absolute Gasteiger partial charge is 0.361 e. The Hall–Kier alpha value is -1.68. The molecular weight excluding hydrogens is 255 g/mol. The number of hydrogen-bond donors (Lipinski definition) is 1. The zero-order valence-corrected chi connectivity index (χ0v) is 12.4. The Labute approximate surface area is 119 Å². The van der Waals surface area contributed by atoms with Crippen molar-refractivity contribution in [3.8, 4) is 0 Å². The molecule has 2 aromatic rings. The third kappa shape index (κ3) is 3.25. The maximum atomic E-state index is 13.6. The van der Waals surface area contributed by atoms with Crippen LogP contribution in [0.5, 0.6) is 0 Å². The van der Waals surface area contributed by atoms with Crippen molar-refractivity contribution in [2.24, 2.45) is 0 Å². The molecule has 0 spiro atoms. The molecule has 0 fully saturated rings. The van der Waals surface area contributed by atoms with E-state index in [2.05, 4.69) is 24.3 Å². The molecule has 0 amide bonds. The average molecular weight is 276 g/mol. The second kappa shape index (κ2) is 6.18. The first-order valence-electron chi connectivity index (χ1n) is 6.91. The summed E-state index contributed by atoms with van der Waals surface area (Å²) in [7, 11) is 0. The van der Waals surface area contributed by atoms with E-state index in [-0.39, 0.29) is 17.9 Å². The highest BCUT2D eigenvalue weighted by Gasteiger charge is 2.18. The van der Waals surface area contributed by atoms with Gasteiger partial charge >= 0.3 is 0 Å². The Bertz CT molecular complexity index is 560. The van der Waals surface area contributed by atoms with E-state index in [1.165, 1.54) is 6.07 Å². The van der Waals surface area contributed by atoms with Crippen LogP contribution in [-0.2, 0) is 6.42 Å². The van der Waals surface area contributed by atoms with Gasteiger partial charge in [0.2, 0.25) is 0 Å². The summed E-state index contributed by atoms with van der Waals surface area (Å²) in [5.41, 5.74) is 2.73. The molecular formula is C16H21FN2O. The number of rotatable bonds is 5. The van der Waals surface area contributed by atoms with Gasteiger partial charge in [-0.1, -0.05) is 23.4 Å². The Kier molecular flexibility index (Phi) is 4.55. The summed E-state index contributed by atoms with van der Waals surface area (Å²) >= 11 is 0. The van der Waals surface area contributed by atoms with Crippen LogP contribution in [0.4, 0.5) is 4.39 Å². The molecule has 0 saturated carbocycles. The minimum absolute atomic E-state index is 0.128. The van der Waals surface area contributed by atoms with Gasteiger partial charge in [-0.3, -0.25) is 0 Å². The van der Waals surface area contributed by atoms with E-state index in [1.54, 1.807) is 6.07 Å². The van der Waals surface area contributed by atoms with Gasteiger partial charge in [0.05, 0.1) is 5.69 Å². The van der Waals surface area contributed by atoms with Gasteiger partial charge in [-0.2, -0.15) is 0 Å². The molecule has 108 valence electrons. The van der Waals surface area contributed by atoms with Crippen molar-refractivity contribution in [1.82, 2.24) is 10.5 Å². The number of nitrogens with zero attached hydrogens (tertiary/aromatic N) is 1. The highest BCUT2D eigenvalue weighted by atomic mass is 19.1. The van der Waals surface area contributed by atoms with Gasteiger partial charge in [-0.15, -0.1) is 0 Å². The van der Waals surface area contributed by atoms with Crippen molar-refractivity contribution >= 4 is 0 Å². The number of benzene rings is 1. The van der Waals surface area contributed by atoms with Crippen LogP contribution in [0.15, 0.2) is 28.8 Å². The second-order valence-corrected chi connectivity index (χ2v) is 5.32. The zero-order chi connectivity index (χ0) is 14.7. The van der Waals surface area contributed by atoms with Crippen LogP contribution in [0, 0.1) is 19.7 Å². The molecule has 2 atom stereocenters. The summed E-state index contributed by atoms with van der Waals surface area (Å²) in [6.45, 7) is 7.98. The quantitative estimate of drug-likeness (QED) is 0.904. The molecule has 20 heavy (non-hydrogen) atoms. The van der Waals surface area contributed by atoms with Crippen molar-refractivity contribution in [3.05, 3.63) is 52.7 Å². The van der Waals surface area contributed by atoms with Crippen LogP contribution in [0.25, 0.3) is 0 Å². The highest BCUT2D eigenvalue weighted by molar-refractivity contribution is 5.25. The lowest BCUT2D eigenvalue weighted by molar-refractivity contribution is 0.389. The lowest BCUT2D eigenvalue weighted by Crippen LogP contribution is -2.31. The first-order valence-corrected chi connectivity index (χ1v) is 6.91. The summed E-state index contributed by atoms with van der Waals surface area (Å²) in [6.07, 6.45) is 0.653. The van der Waals surface area contributed by atoms with Crippen molar-refractivity contribution in [1.29, 1.82) is 0 Å². The van der Waals surface area contributed by atoms with E-state index in [0.29, 0.717) is 6.42 Å². The Morgan fingerprint density at radius 1 is 1.25 bits per heavy atom. The molecule has 1 aromatic heterocycles. The SMILES string of the molecule is Cc1noc(C)c1C(C)NC(C)Cc1ccccc1F. The Balaban J connectivity index is 2.02. The number of hydrogen-bond acceptors (Lipinski definition) is 3. The minimum Gasteiger partial charge on any atom is -0.361 e. The molecule has 2 rings (SSSR count). The predicted octanol–water partition coefficient (Wildman–Crippen LogP) is 3.71. The molecule has 0 aliphatic rings. The van der Waals surface area contributed by atoms with E-state index >= 15 is 0 Å². The molecule has 0 aliphatic heterocycles. The van der Waals surface area contributed by atoms with Crippen LogP contribution in [0.3, 0.4) is 0 Å². The average Bonchev–Trinajstić information content (AvgIpc) is 2.72. The van der Waals surface area contributed by atoms with Crippen molar-refractivity contribution < 1.29 is 8.91 Å². The van der Waals surface area contributed by atoms with E-state index in [9.17, 15) is 4.39 Å². The van der Waals surface area contributed by atoms with Crippen molar-refractivity contribution in [2.75, 3.05) is 0 Å². The van der Waals surface area contributed by atoms with E-state index in [1.807, 2.05) is 26.0 Å². The minimum atomic E-state index is -0.147. The molecule has 0 aliphatic carbocycles. The van der Waals surface area contributed by atoms with Gasteiger partial charge < -0.3 is 9.84 Å². The van der Waals surface area contributed by atoms with Gasteiger partial charge in [0, 0.05) is 17.6 Å². The number of nitrogens with one attached hydrogen (secondary N) is 1. The third-order valence-electron chi connectivity index (χ3n) is 3.54. The van der Waals surface area contributed by atoms with Gasteiger partial charge in [0.1, 0.15) is 11.6 Å². The smallest absolute Gasteiger partial charge is 0.138 e. The monoisotopic (exact) mass is 276 g/mol. The summed E-state index contributed by atoms with van der Waals surface area (Å²) in [5.74, 6) is 0.687. The van der Waals surface area contributed by atoms with Gasteiger partial charge in [-0.25, -0.2) is 4.39 Å². The zero-order valence-electron chi connectivity index (χ0n) is 12.4. The predicted molar refractivity (Wildman–Crippen MR) is 77.1 cm³/mol. The van der Waals surface area contributed by atoms with E-state index < -0.39 is 0 Å². The van der Waals surface area contributed by atoms with Crippen LogP contribution < -0.4 is 5.32 Å². The summed E-state index contributed by atoms with van der Waals surface area (Å²) in [4.78, 5) is 0. The van der Waals surface area contributed by atoms with Crippen LogP contribution in [-0.4, -0.2) is 11.2 Å². The number of aromatic nitrogens is 1. The molecule has 1 N–H and O–H groups in total. The van der Waals surface area contributed by atoms with E-state index in [4.69, 9.17) is 4.52 Å². The second-order valence-electron chi connectivity index (χ2n) is 5.32. The van der Waals surface area contributed by atoms with Crippen molar-refractivity contribution in [3.63, 3.8) is 0 Å². The summed E-state index contributed by atoms with van der Waals surface area (Å²) in [5, 5.41) is 7.44. The Morgan fingerprint density at radius 2 is 1.95 bits per heavy atom. The van der Waals surface area contributed by atoms with E-state index in [0.717, 1.165) is 22.6 Å². The summed E-state index contributed by atoms with van der Waals surface area (Å²) < 4.78 is 18.8. The van der Waals surface area contributed by atoms with Crippen LogP contribution >= 0.6 is 0 Å². The topological polar surface area (TPSA) is 38.1 Å². The third-order valence-corrected chi connectivity index (χ3v) is 3.54. The molecule has 2 unspecified atom stereocenters. The molecule has 0 radical (unpaired) electrons. The first kappa shape index (κ1) is 14.7. The maximum Gasteiger partial charge on any atom is 0.138 e. The standard InChI is InChI=1S/C16H21FN2O/c1-10(9-14-7-5-6-8-15(14)17)18-11(2)16-12(3)19-20-13(16)4/h5-8,10-11,18H,9H2,1-4H3. The molecule has 1 heterocycles. The highest BCUT2D eigenvalue weighted by Crippen LogP contribution is 2.22. The Morgan fingerprint density at radius 3 is 2.55 bits per heavy atom. The molecule has 3 nitrogen and oxygen atoms in total. The molecule has 4 heteroatoms. The molecule has 0 bridgehead atoms. The maximum absolute atomic E-state index is 13.6. The van der Waals surface area contributed by atoms with Gasteiger partial charge in [0.25, 0.3) is 0 Å². The van der Waals surface area contributed by atoms with Crippen LogP contribution in [0.2, 0.25) is 0 Å². The fraction of sp³-hybridized carbons (Fsp3) is 0.438. The normalized spacial score (nSPS) is 14.2. The van der Waals surface area contributed by atoms with Gasteiger partial charge in [-0.05, 0) is 45.7 Å². The van der Waals surface area contributed by atoms with Gasteiger partial charge in [0.15, 0.2) is 0 Å². The summed E-state index contributed by atoms with van der Waals surface area (Å²) in [6, 6.07) is 7.19. The van der Waals surface area contributed by atoms with Crippen molar-refractivity contribution in [2.45, 2.75) is 46.2 Å².